The van der Waals surface area contributed by atoms with E-state index in [4.69, 9.17) is 9.47 Å². The monoisotopic (exact) mass is 186 g/mol. The van der Waals surface area contributed by atoms with Crippen LogP contribution in [0.3, 0.4) is 0 Å². The molecule has 2 rings (SSSR count). The second kappa shape index (κ2) is 4.37. The average molecular weight is 186 g/mol. The van der Waals surface area contributed by atoms with Gasteiger partial charge in [-0.2, -0.15) is 0 Å². The number of piperazine rings is 1. The standard InChI is InChI=1S/C9H18N2O2/c1-12-9-7-13-6-8(9)11-4-2-10-3-5-11/h8-10H,2-7H2,1H3/t8-,9+/m1/s1. The second-order valence-corrected chi connectivity index (χ2v) is 3.66. The van der Waals surface area contributed by atoms with Gasteiger partial charge in [0.05, 0.1) is 25.4 Å². The van der Waals surface area contributed by atoms with Gasteiger partial charge in [-0.1, -0.05) is 0 Å². The fourth-order valence-electron chi connectivity index (χ4n) is 2.10. The number of ether oxygens (including phenoxy) is 2. The Morgan fingerprint density at radius 1 is 1.31 bits per heavy atom. The maximum absolute atomic E-state index is 5.43. The van der Waals surface area contributed by atoms with Crippen molar-refractivity contribution >= 4 is 0 Å². The zero-order valence-corrected chi connectivity index (χ0v) is 8.16. The van der Waals surface area contributed by atoms with Gasteiger partial charge in [0.1, 0.15) is 0 Å². The van der Waals surface area contributed by atoms with Crippen molar-refractivity contribution in [3.63, 3.8) is 0 Å². The van der Waals surface area contributed by atoms with Gasteiger partial charge in [0, 0.05) is 33.3 Å². The molecule has 0 spiro atoms. The van der Waals surface area contributed by atoms with E-state index in [1.807, 2.05) is 0 Å². The summed E-state index contributed by atoms with van der Waals surface area (Å²) >= 11 is 0. The van der Waals surface area contributed by atoms with Crippen molar-refractivity contribution in [2.45, 2.75) is 12.1 Å². The van der Waals surface area contributed by atoms with Crippen LogP contribution in [0.1, 0.15) is 0 Å². The van der Waals surface area contributed by atoms with E-state index in [1.165, 1.54) is 0 Å². The van der Waals surface area contributed by atoms with Gasteiger partial charge in [-0.05, 0) is 0 Å². The summed E-state index contributed by atoms with van der Waals surface area (Å²) in [4.78, 5) is 2.47. The summed E-state index contributed by atoms with van der Waals surface area (Å²) in [7, 11) is 1.77. The van der Waals surface area contributed by atoms with Gasteiger partial charge in [-0.15, -0.1) is 0 Å². The molecule has 4 nitrogen and oxygen atoms in total. The van der Waals surface area contributed by atoms with Crippen molar-refractivity contribution in [1.82, 2.24) is 10.2 Å². The number of nitrogens with one attached hydrogen (secondary N) is 1. The van der Waals surface area contributed by atoms with Crippen LogP contribution in [0.5, 0.6) is 0 Å². The van der Waals surface area contributed by atoms with E-state index in [9.17, 15) is 0 Å². The number of nitrogens with zero attached hydrogens (tertiary/aromatic N) is 1. The van der Waals surface area contributed by atoms with Gasteiger partial charge in [0.2, 0.25) is 0 Å². The van der Waals surface area contributed by atoms with Crippen molar-refractivity contribution < 1.29 is 9.47 Å². The van der Waals surface area contributed by atoms with Gasteiger partial charge < -0.3 is 14.8 Å². The third-order valence-corrected chi connectivity index (χ3v) is 2.92. The van der Waals surface area contributed by atoms with Gasteiger partial charge in [0.25, 0.3) is 0 Å². The third-order valence-electron chi connectivity index (χ3n) is 2.92. The van der Waals surface area contributed by atoms with E-state index < -0.39 is 0 Å². The van der Waals surface area contributed by atoms with Crippen LogP contribution in [0.2, 0.25) is 0 Å². The lowest BCUT2D eigenvalue weighted by Gasteiger charge is -2.34. The molecule has 0 radical (unpaired) electrons. The van der Waals surface area contributed by atoms with Crippen molar-refractivity contribution in [2.24, 2.45) is 0 Å². The molecule has 0 amide bonds. The molecule has 2 fully saturated rings. The highest BCUT2D eigenvalue weighted by Gasteiger charge is 2.33. The summed E-state index contributed by atoms with van der Waals surface area (Å²) in [6, 6.07) is 0.479. The Labute approximate surface area is 79.2 Å². The Kier molecular flexibility index (Phi) is 3.16. The molecule has 1 N–H and O–H groups in total. The summed E-state index contributed by atoms with van der Waals surface area (Å²) in [5.74, 6) is 0. The van der Waals surface area contributed by atoms with Crippen LogP contribution in [0, 0.1) is 0 Å². The van der Waals surface area contributed by atoms with Crippen molar-refractivity contribution in [3.8, 4) is 0 Å². The van der Waals surface area contributed by atoms with Crippen LogP contribution in [-0.4, -0.2) is 63.5 Å². The predicted molar refractivity (Wildman–Crippen MR) is 49.8 cm³/mol. The smallest absolute Gasteiger partial charge is 0.0981 e. The number of methoxy groups -OCH3 is 1. The van der Waals surface area contributed by atoms with Crippen LogP contribution in [-0.2, 0) is 9.47 Å². The molecule has 76 valence electrons. The lowest BCUT2D eigenvalue weighted by molar-refractivity contribution is 0.0365. The molecule has 2 saturated heterocycles. The Morgan fingerprint density at radius 3 is 2.77 bits per heavy atom. The first-order valence-electron chi connectivity index (χ1n) is 4.97. The third kappa shape index (κ3) is 2.02. The number of rotatable bonds is 2. The zero-order valence-electron chi connectivity index (χ0n) is 8.16. The van der Waals surface area contributed by atoms with Crippen LogP contribution < -0.4 is 5.32 Å². The van der Waals surface area contributed by atoms with Crippen molar-refractivity contribution in [3.05, 3.63) is 0 Å². The largest absolute Gasteiger partial charge is 0.377 e. The minimum absolute atomic E-state index is 0.276. The van der Waals surface area contributed by atoms with Gasteiger partial charge >= 0.3 is 0 Å². The molecule has 4 heteroatoms. The van der Waals surface area contributed by atoms with E-state index in [-0.39, 0.29) is 6.10 Å². The molecule has 13 heavy (non-hydrogen) atoms. The summed E-state index contributed by atoms with van der Waals surface area (Å²) in [5.41, 5.74) is 0. The lowest BCUT2D eigenvalue weighted by Crippen LogP contribution is -2.52. The Bertz CT molecular complexity index is 160. The Balaban J connectivity index is 1.90. The summed E-state index contributed by atoms with van der Waals surface area (Å²) < 4.78 is 10.8. The fraction of sp³-hybridized carbons (Fsp3) is 1.00. The van der Waals surface area contributed by atoms with Crippen LogP contribution in [0.15, 0.2) is 0 Å². The van der Waals surface area contributed by atoms with Gasteiger partial charge in [-0.3, -0.25) is 4.90 Å². The van der Waals surface area contributed by atoms with Gasteiger partial charge in [0.15, 0.2) is 0 Å². The predicted octanol–water partition coefficient (Wildman–Crippen LogP) is -0.695. The summed E-state index contributed by atoms with van der Waals surface area (Å²) in [6.45, 7) is 6.01. The van der Waals surface area contributed by atoms with Crippen LogP contribution in [0.25, 0.3) is 0 Å². The molecule has 0 unspecified atom stereocenters. The average Bonchev–Trinajstić information content (AvgIpc) is 2.67. The summed E-state index contributed by atoms with van der Waals surface area (Å²) in [5, 5.41) is 3.35. The minimum atomic E-state index is 0.276. The quantitative estimate of drug-likeness (QED) is 0.618. The highest BCUT2D eigenvalue weighted by atomic mass is 16.5. The first kappa shape index (κ1) is 9.40. The highest BCUT2D eigenvalue weighted by molar-refractivity contribution is 4.86. The molecule has 0 aromatic carbocycles. The molecule has 0 saturated carbocycles. The topological polar surface area (TPSA) is 33.7 Å². The molecular weight excluding hydrogens is 168 g/mol. The van der Waals surface area contributed by atoms with E-state index >= 15 is 0 Å². The second-order valence-electron chi connectivity index (χ2n) is 3.66. The minimum Gasteiger partial charge on any atom is -0.377 e. The van der Waals surface area contributed by atoms with Crippen LogP contribution >= 0.6 is 0 Å². The molecule has 2 aliphatic heterocycles. The molecular formula is C9H18N2O2. The molecule has 0 aromatic heterocycles. The maximum Gasteiger partial charge on any atom is 0.0981 e. The molecule has 0 bridgehead atoms. The van der Waals surface area contributed by atoms with Gasteiger partial charge in [-0.25, -0.2) is 0 Å². The van der Waals surface area contributed by atoms with Crippen molar-refractivity contribution in [1.29, 1.82) is 0 Å². The lowest BCUT2D eigenvalue weighted by atomic mass is 10.1. The molecule has 2 aliphatic rings. The number of hydrogen-bond donors (Lipinski definition) is 1. The SMILES string of the molecule is CO[C@H]1COC[C@H]1N1CCNCC1. The molecule has 2 heterocycles. The number of hydrogen-bond acceptors (Lipinski definition) is 4. The summed E-state index contributed by atoms with van der Waals surface area (Å²) in [6.07, 6.45) is 0.276. The van der Waals surface area contributed by atoms with Crippen molar-refractivity contribution in [2.75, 3.05) is 46.5 Å². The maximum atomic E-state index is 5.43. The van der Waals surface area contributed by atoms with E-state index in [0.29, 0.717) is 6.04 Å². The Hall–Kier alpha value is -0.160. The van der Waals surface area contributed by atoms with E-state index in [1.54, 1.807) is 7.11 Å². The fourth-order valence-corrected chi connectivity index (χ4v) is 2.10. The first-order chi connectivity index (χ1) is 6.42. The molecule has 0 aliphatic carbocycles. The molecule has 2 atom stereocenters. The normalized spacial score (nSPS) is 36.7. The first-order valence-corrected chi connectivity index (χ1v) is 4.97. The molecule has 0 aromatic rings. The Morgan fingerprint density at radius 2 is 2.08 bits per heavy atom. The van der Waals surface area contributed by atoms with E-state index in [0.717, 1.165) is 39.4 Å². The van der Waals surface area contributed by atoms with E-state index in [2.05, 4.69) is 10.2 Å². The van der Waals surface area contributed by atoms with Crippen LogP contribution in [0.4, 0.5) is 0 Å². The zero-order chi connectivity index (χ0) is 9.10. The highest BCUT2D eigenvalue weighted by Crippen LogP contribution is 2.15.